The smallest absolute Gasteiger partial charge is 0.307 e. The van der Waals surface area contributed by atoms with Crippen molar-refractivity contribution in [2.24, 2.45) is 11.8 Å². The zero-order valence-corrected chi connectivity index (χ0v) is 11.9. The van der Waals surface area contributed by atoms with Crippen LogP contribution in [0.3, 0.4) is 0 Å². The van der Waals surface area contributed by atoms with Crippen LogP contribution >= 0.6 is 0 Å². The lowest BCUT2D eigenvalue weighted by Crippen LogP contribution is -2.50. The summed E-state index contributed by atoms with van der Waals surface area (Å²) in [5.41, 5.74) is 0. The Morgan fingerprint density at radius 1 is 1.37 bits per heavy atom. The molecule has 0 spiro atoms. The summed E-state index contributed by atoms with van der Waals surface area (Å²) < 4.78 is 31.6. The Morgan fingerprint density at radius 3 is 2.68 bits per heavy atom. The Labute approximate surface area is 113 Å². The van der Waals surface area contributed by atoms with E-state index in [1.165, 1.54) is 4.31 Å². The molecule has 0 amide bonds. The van der Waals surface area contributed by atoms with Gasteiger partial charge in [-0.05, 0) is 25.2 Å². The fourth-order valence-corrected chi connectivity index (χ4v) is 4.85. The second kappa shape index (κ2) is 5.76. The molecular formula is C12H21NO5S. The van der Waals surface area contributed by atoms with Crippen LogP contribution in [-0.4, -0.2) is 55.4 Å². The van der Waals surface area contributed by atoms with Crippen molar-refractivity contribution in [1.29, 1.82) is 0 Å². The normalized spacial score (nSPS) is 34.1. The molecule has 0 aliphatic carbocycles. The summed E-state index contributed by atoms with van der Waals surface area (Å²) in [5.74, 6) is -1.43. The summed E-state index contributed by atoms with van der Waals surface area (Å²) in [7, 11) is -3.44. The fraction of sp³-hybridized carbons (Fsp3) is 0.917. The predicted molar refractivity (Wildman–Crippen MR) is 69.2 cm³/mol. The molecular weight excluding hydrogens is 270 g/mol. The molecule has 0 aromatic rings. The third kappa shape index (κ3) is 3.27. The summed E-state index contributed by atoms with van der Waals surface area (Å²) in [5, 5.41) is 8.59. The molecule has 0 aromatic heterocycles. The van der Waals surface area contributed by atoms with Gasteiger partial charge < -0.3 is 9.84 Å². The molecule has 2 heterocycles. The van der Waals surface area contributed by atoms with Crippen LogP contribution in [0, 0.1) is 11.8 Å². The van der Waals surface area contributed by atoms with Gasteiger partial charge in [0, 0.05) is 19.7 Å². The highest BCUT2D eigenvalue weighted by Gasteiger charge is 2.39. The maximum absolute atomic E-state index is 12.5. The molecule has 2 aliphatic heterocycles. The largest absolute Gasteiger partial charge is 0.481 e. The van der Waals surface area contributed by atoms with Gasteiger partial charge in [0.25, 0.3) is 0 Å². The molecule has 0 aromatic carbocycles. The van der Waals surface area contributed by atoms with E-state index < -0.39 is 27.2 Å². The van der Waals surface area contributed by atoms with Gasteiger partial charge >= 0.3 is 5.97 Å². The molecule has 2 aliphatic rings. The lowest BCUT2D eigenvalue weighted by molar-refractivity contribution is -0.143. The monoisotopic (exact) mass is 291 g/mol. The van der Waals surface area contributed by atoms with E-state index in [9.17, 15) is 13.2 Å². The Kier molecular flexibility index (Phi) is 4.47. The molecule has 2 fully saturated rings. The van der Waals surface area contributed by atoms with Crippen LogP contribution in [0.4, 0.5) is 0 Å². The lowest BCUT2D eigenvalue weighted by atomic mass is 9.92. The molecule has 1 N–H and O–H groups in total. The van der Waals surface area contributed by atoms with Crippen molar-refractivity contribution in [2.75, 3.05) is 26.3 Å². The Morgan fingerprint density at radius 2 is 2.11 bits per heavy atom. The van der Waals surface area contributed by atoms with Gasteiger partial charge in [0.1, 0.15) is 0 Å². The number of carboxylic acid groups (broad SMARTS) is 1. The molecule has 110 valence electrons. The second-order valence-electron chi connectivity index (χ2n) is 5.58. The summed E-state index contributed by atoms with van der Waals surface area (Å²) in [6.07, 6.45) is 1.89. The number of nitrogens with zero attached hydrogens (tertiary/aromatic N) is 1. The van der Waals surface area contributed by atoms with Crippen LogP contribution in [0.5, 0.6) is 0 Å². The quantitative estimate of drug-likeness (QED) is 0.820. The van der Waals surface area contributed by atoms with Crippen molar-refractivity contribution in [3.8, 4) is 0 Å². The number of carbonyl (C=O) groups is 1. The first-order valence-corrected chi connectivity index (χ1v) is 8.21. The Bertz CT molecular complexity index is 429. The number of sulfonamides is 1. The summed E-state index contributed by atoms with van der Waals surface area (Å²) >= 11 is 0. The first kappa shape index (κ1) is 14.7. The van der Waals surface area contributed by atoms with Crippen molar-refractivity contribution in [2.45, 2.75) is 31.4 Å². The summed E-state index contributed by atoms with van der Waals surface area (Å²) in [6.45, 7) is 3.25. The van der Waals surface area contributed by atoms with Gasteiger partial charge in [-0.3, -0.25) is 4.79 Å². The number of piperidine rings is 1. The minimum atomic E-state index is -3.44. The molecule has 2 rings (SSSR count). The van der Waals surface area contributed by atoms with Crippen LogP contribution in [-0.2, 0) is 19.6 Å². The Balaban J connectivity index is 2.12. The maximum Gasteiger partial charge on any atom is 0.307 e. The van der Waals surface area contributed by atoms with E-state index in [1.54, 1.807) is 0 Å². The number of ether oxygens (including phenoxy) is 1. The van der Waals surface area contributed by atoms with Gasteiger partial charge in [-0.1, -0.05) is 6.92 Å². The van der Waals surface area contributed by atoms with Crippen molar-refractivity contribution in [3.05, 3.63) is 0 Å². The summed E-state index contributed by atoms with van der Waals surface area (Å²) in [6, 6.07) is 0. The number of hydrogen-bond donors (Lipinski definition) is 1. The average molecular weight is 291 g/mol. The van der Waals surface area contributed by atoms with E-state index >= 15 is 0 Å². The SMILES string of the molecule is CC1CC(C(=O)O)CN(S(=O)(=O)C2CCCOC2)C1. The van der Waals surface area contributed by atoms with Crippen LogP contribution < -0.4 is 0 Å². The van der Waals surface area contributed by atoms with E-state index in [1.807, 2.05) is 6.92 Å². The minimum Gasteiger partial charge on any atom is -0.481 e. The summed E-state index contributed by atoms with van der Waals surface area (Å²) in [4.78, 5) is 11.1. The van der Waals surface area contributed by atoms with Crippen molar-refractivity contribution in [3.63, 3.8) is 0 Å². The highest BCUT2D eigenvalue weighted by Crippen LogP contribution is 2.27. The van der Waals surface area contributed by atoms with E-state index in [4.69, 9.17) is 9.84 Å². The zero-order valence-electron chi connectivity index (χ0n) is 11.1. The van der Waals surface area contributed by atoms with Gasteiger partial charge in [-0.25, -0.2) is 12.7 Å². The first-order chi connectivity index (χ1) is 8.91. The van der Waals surface area contributed by atoms with Crippen LogP contribution in [0.15, 0.2) is 0 Å². The molecule has 7 heteroatoms. The predicted octanol–water partition coefficient (Wildman–Crippen LogP) is 0.538. The highest BCUT2D eigenvalue weighted by atomic mass is 32.2. The number of carboxylic acids is 1. The third-order valence-corrected chi connectivity index (χ3v) is 6.11. The van der Waals surface area contributed by atoms with Gasteiger partial charge in [0.05, 0.1) is 17.8 Å². The van der Waals surface area contributed by atoms with Crippen LogP contribution in [0.25, 0.3) is 0 Å². The highest BCUT2D eigenvalue weighted by molar-refractivity contribution is 7.89. The minimum absolute atomic E-state index is 0.0779. The average Bonchev–Trinajstić information content (AvgIpc) is 2.39. The lowest BCUT2D eigenvalue weighted by Gasteiger charge is -2.36. The number of hydrogen-bond acceptors (Lipinski definition) is 4. The van der Waals surface area contributed by atoms with Crippen molar-refractivity contribution >= 4 is 16.0 Å². The van der Waals surface area contributed by atoms with Gasteiger partial charge in [0.2, 0.25) is 10.0 Å². The van der Waals surface area contributed by atoms with E-state index in [-0.39, 0.29) is 19.1 Å². The zero-order chi connectivity index (χ0) is 14.0. The molecule has 3 atom stereocenters. The molecule has 0 saturated carbocycles. The molecule has 19 heavy (non-hydrogen) atoms. The first-order valence-electron chi connectivity index (χ1n) is 6.70. The maximum atomic E-state index is 12.5. The van der Waals surface area contributed by atoms with E-state index in [0.29, 0.717) is 26.0 Å². The molecule has 2 saturated heterocycles. The van der Waals surface area contributed by atoms with Gasteiger partial charge in [-0.15, -0.1) is 0 Å². The number of aliphatic carboxylic acids is 1. The molecule has 6 nitrogen and oxygen atoms in total. The second-order valence-corrected chi connectivity index (χ2v) is 7.79. The molecule has 0 bridgehead atoms. The third-order valence-electron chi connectivity index (χ3n) is 3.88. The standard InChI is InChI=1S/C12H21NO5S/c1-9-5-10(12(14)15)7-13(6-9)19(16,17)11-3-2-4-18-8-11/h9-11H,2-8H2,1H3,(H,14,15). The fourth-order valence-electron chi connectivity index (χ4n) is 2.85. The van der Waals surface area contributed by atoms with Crippen molar-refractivity contribution in [1.82, 2.24) is 4.31 Å². The van der Waals surface area contributed by atoms with E-state index in [0.717, 1.165) is 6.42 Å². The van der Waals surface area contributed by atoms with E-state index in [2.05, 4.69) is 0 Å². The van der Waals surface area contributed by atoms with Gasteiger partial charge in [-0.2, -0.15) is 0 Å². The van der Waals surface area contributed by atoms with Crippen molar-refractivity contribution < 1.29 is 23.1 Å². The molecule has 0 radical (unpaired) electrons. The Hall–Kier alpha value is -0.660. The van der Waals surface area contributed by atoms with Crippen LogP contribution in [0.2, 0.25) is 0 Å². The topological polar surface area (TPSA) is 83.9 Å². The van der Waals surface area contributed by atoms with Gasteiger partial charge in [0.15, 0.2) is 0 Å². The van der Waals surface area contributed by atoms with Crippen LogP contribution in [0.1, 0.15) is 26.2 Å². The molecule has 3 unspecified atom stereocenters. The number of rotatable bonds is 3.